The number of carbonyl (C=O) groups is 2. The van der Waals surface area contributed by atoms with Crippen molar-refractivity contribution in [2.45, 2.75) is 32.4 Å². The number of likely N-dealkylation sites (tertiary alicyclic amines) is 1. The molecule has 1 saturated heterocycles. The molecule has 1 fully saturated rings. The highest BCUT2D eigenvalue weighted by atomic mass is 16.5. The normalized spacial score (nSPS) is 17.4. The van der Waals surface area contributed by atoms with Gasteiger partial charge in [-0.25, -0.2) is 4.79 Å². The van der Waals surface area contributed by atoms with Gasteiger partial charge in [-0.1, -0.05) is 6.07 Å². The summed E-state index contributed by atoms with van der Waals surface area (Å²) in [6, 6.07) is 7.46. The van der Waals surface area contributed by atoms with E-state index >= 15 is 0 Å². The Morgan fingerprint density at radius 1 is 1.36 bits per heavy atom. The maximum atomic E-state index is 12.2. The number of amides is 3. The van der Waals surface area contributed by atoms with Crippen molar-refractivity contribution in [2.24, 2.45) is 0 Å². The van der Waals surface area contributed by atoms with Gasteiger partial charge in [-0.15, -0.1) is 0 Å². The van der Waals surface area contributed by atoms with Crippen molar-refractivity contribution in [3.05, 3.63) is 24.3 Å². The number of hydrogen-bond acceptors (Lipinski definition) is 4. The second kappa shape index (κ2) is 8.71. The van der Waals surface area contributed by atoms with Crippen LogP contribution in [-0.4, -0.2) is 67.6 Å². The molecular formula is C18H28N4O3. The molecule has 1 aromatic carbocycles. The van der Waals surface area contributed by atoms with Crippen LogP contribution in [0.5, 0.6) is 5.75 Å². The molecular weight excluding hydrogens is 320 g/mol. The van der Waals surface area contributed by atoms with Crippen molar-refractivity contribution in [3.63, 3.8) is 0 Å². The standard InChI is InChI=1S/C18H28N4O3/c1-13(2)22-9-8-15(11-22)20-18(24)19-14-6-5-7-16(10-14)25-12-17(23)21(3)4/h5-7,10,13,15H,8-9,11-12H2,1-4H3,(H2,19,20,24). The van der Waals surface area contributed by atoms with Crippen molar-refractivity contribution in [2.75, 3.05) is 39.1 Å². The predicted octanol–water partition coefficient (Wildman–Crippen LogP) is 1.76. The number of carbonyl (C=O) groups excluding carboxylic acids is 2. The first-order chi connectivity index (χ1) is 11.8. The Labute approximate surface area is 149 Å². The highest BCUT2D eigenvalue weighted by molar-refractivity contribution is 5.89. The molecule has 2 N–H and O–H groups in total. The summed E-state index contributed by atoms with van der Waals surface area (Å²) in [5.41, 5.74) is 0.631. The van der Waals surface area contributed by atoms with Gasteiger partial charge in [0.25, 0.3) is 5.91 Å². The molecule has 0 spiro atoms. The fourth-order valence-corrected chi connectivity index (χ4v) is 2.66. The van der Waals surface area contributed by atoms with Gasteiger partial charge in [0.15, 0.2) is 6.61 Å². The fraction of sp³-hybridized carbons (Fsp3) is 0.556. The molecule has 0 bridgehead atoms. The first kappa shape index (κ1) is 19.1. The van der Waals surface area contributed by atoms with Gasteiger partial charge >= 0.3 is 6.03 Å². The first-order valence-electron chi connectivity index (χ1n) is 8.59. The van der Waals surface area contributed by atoms with Crippen LogP contribution in [0.3, 0.4) is 0 Å². The Bertz CT molecular complexity index is 604. The molecule has 1 atom stereocenters. The van der Waals surface area contributed by atoms with E-state index in [4.69, 9.17) is 4.74 Å². The summed E-state index contributed by atoms with van der Waals surface area (Å²) >= 11 is 0. The van der Waals surface area contributed by atoms with Crippen LogP contribution in [0.1, 0.15) is 20.3 Å². The Morgan fingerprint density at radius 3 is 2.76 bits per heavy atom. The maximum absolute atomic E-state index is 12.2. The number of anilines is 1. The van der Waals surface area contributed by atoms with Gasteiger partial charge in [-0.05, 0) is 32.4 Å². The van der Waals surface area contributed by atoms with Crippen molar-refractivity contribution in [1.29, 1.82) is 0 Å². The maximum Gasteiger partial charge on any atom is 0.319 e. The molecule has 0 saturated carbocycles. The van der Waals surface area contributed by atoms with E-state index in [0.29, 0.717) is 17.5 Å². The molecule has 1 unspecified atom stereocenters. The van der Waals surface area contributed by atoms with E-state index in [1.807, 2.05) is 0 Å². The highest BCUT2D eigenvalue weighted by Crippen LogP contribution is 2.18. The Kier molecular flexibility index (Phi) is 6.64. The van der Waals surface area contributed by atoms with Crippen LogP contribution in [0.4, 0.5) is 10.5 Å². The second-order valence-corrected chi connectivity index (χ2v) is 6.78. The molecule has 138 valence electrons. The summed E-state index contributed by atoms with van der Waals surface area (Å²) in [5.74, 6) is 0.423. The van der Waals surface area contributed by atoms with Gasteiger partial charge in [0.2, 0.25) is 0 Å². The number of nitrogens with zero attached hydrogens (tertiary/aromatic N) is 2. The van der Waals surface area contributed by atoms with E-state index in [2.05, 4.69) is 29.4 Å². The van der Waals surface area contributed by atoms with Gasteiger partial charge in [0.1, 0.15) is 5.75 Å². The lowest BCUT2D eigenvalue weighted by Gasteiger charge is -2.20. The van der Waals surface area contributed by atoms with Crippen LogP contribution < -0.4 is 15.4 Å². The molecule has 7 heteroatoms. The average molecular weight is 348 g/mol. The van der Waals surface area contributed by atoms with Crippen molar-refractivity contribution in [1.82, 2.24) is 15.1 Å². The van der Waals surface area contributed by atoms with Crippen LogP contribution >= 0.6 is 0 Å². The predicted molar refractivity (Wildman–Crippen MR) is 97.9 cm³/mol. The molecule has 7 nitrogen and oxygen atoms in total. The first-order valence-corrected chi connectivity index (χ1v) is 8.59. The third-order valence-corrected chi connectivity index (χ3v) is 4.24. The number of hydrogen-bond donors (Lipinski definition) is 2. The second-order valence-electron chi connectivity index (χ2n) is 6.78. The number of benzene rings is 1. The summed E-state index contributed by atoms with van der Waals surface area (Å²) in [6.07, 6.45) is 0.960. The van der Waals surface area contributed by atoms with E-state index < -0.39 is 0 Å². The number of nitrogens with one attached hydrogen (secondary N) is 2. The molecule has 25 heavy (non-hydrogen) atoms. The zero-order chi connectivity index (χ0) is 18.4. The summed E-state index contributed by atoms with van der Waals surface area (Å²) in [7, 11) is 3.36. The summed E-state index contributed by atoms with van der Waals surface area (Å²) in [4.78, 5) is 27.6. The number of rotatable bonds is 6. The van der Waals surface area contributed by atoms with Gasteiger partial charge in [-0.3, -0.25) is 9.69 Å². The minimum atomic E-state index is -0.225. The average Bonchev–Trinajstić information content (AvgIpc) is 3.01. The topological polar surface area (TPSA) is 73.9 Å². The van der Waals surface area contributed by atoms with Crippen LogP contribution in [0.15, 0.2) is 24.3 Å². The quantitative estimate of drug-likeness (QED) is 0.821. The van der Waals surface area contributed by atoms with E-state index in [1.165, 1.54) is 4.90 Å². The lowest BCUT2D eigenvalue weighted by molar-refractivity contribution is -0.130. The molecule has 0 radical (unpaired) electrons. The molecule has 2 rings (SSSR count). The van der Waals surface area contributed by atoms with Crippen LogP contribution in [0.25, 0.3) is 0 Å². The van der Waals surface area contributed by atoms with Crippen LogP contribution in [0.2, 0.25) is 0 Å². The van der Waals surface area contributed by atoms with Crippen molar-refractivity contribution in [3.8, 4) is 5.75 Å². The number of ether oxygens (including phenoxy) is 1. The summed E-state index contributed by atoms with van der Waals surface area (Å²) in [6.45, 7) is 6.17. The Morgan fingerprint density at radius 2 is 2.12 bits per heavy atom. The van der Waals surface area contributed by atoms with E-state index in [-0.39, 0.29) is 24.6 Å². The van der Waals surface area contributed by atoms with E-state index in [0.717, 1.165) is 19.5 Å². The van der Waals surface area contributed by atoms with Crippen LogP contribution in [0, 0.1) is 0 Å². The van der Waals surface area contributed by atoms with Crippen molar-refractivity contribution < 1.29 is 14.3 Å². The molecule has 1 aromatic rings. The number of urea groups is 1. The molecule has 1 aliphatic heterocycles. The zero-order valence-electron chi connectivity index (χ0n) is 15.4. The highest BCUT2D eigenvalue weighted by Gasteiger charge is 2.25. The Balaban J connectivity index is 1.83. The molecule has 1 heterocycles. The minimum absolute atomic E-state index is 0.0320. The van der Waals surface area contributed by atoms with Gasteiger partial charge in [0.05, 0.1) is 0 Å². The Hall–Kier alpha value is -2.28. The molecule has 3 amide bonds. The zero-order valence-corrected chi connectivity index (χ0v) is 15.4. The summed E-state index contributed by atoms with van der Waals surface area (Å²) < 4.78 is 5.46. The third-order valence-electron chi connectivity index (χ3n) is 4.24. The largest absolute Gasteiger partial charge is 0.484 e. The molecule has 0 aromatic heterocycles. The monoisotopic (exact) mass is 348 g/mol. The smallest absolute Gasteiger partial charge is 0.319 e. The van der Waals surface area contributed by atoms with Gasteiger partial charge in [0, 0.05) is 51.0 Å². The number of likely N-dealkylation sites (N-methyl/N-ethyl adjacent to an activating group) is 1. The van der Waals surface area contributed by atoms with E-state index in [1.54, 1.807) is 38.4 Å². The van der Waals surface area contributed by atoms with Gasteiger partial charge < -0.3 is 20.3 Å². The summed E-state index contributed by atoms with van der Waals surface area (Å²) in [5, 5.41) is 5.82. The van der Waals surface area contributed by atoms with Gasteiger partial charge in [-0.2, -0.15) is 0 Å². The van der Waals surface area contributed by atoms with Crippen LogP contribution in [-0.2, 0) is 4.79 Å². The lowest BCUT2D eigenvalue weighted by atomic mass is 10.2. The fourth-order valence-electron chi connectivity index (χ4n) is 2.66. The van der Waals surface area contributed by atoms with Crippen molar-refractivity contribution >= 4 is 17.6 Å². The van der Waals surface area contributed by atoms with E-state index in [9.17, 15) is 9.59 Å². The SMILES string of the molecule is CC(C)N1CCC(NC(=O)Nc2cccc(OCC(=O)N(C)C)c2)C1. The molecule has 0 aliphatic carbocycles. The molecule has 1 aliphatic rings. The third kappa shape index (κ3) is 5.94. The minimum Gasteiger partial charge on any atom is -0.484 e. The lowest BCUT2D eigenvalue weighted by Crippen LogP contribution is -2.40.